The number of hydrogen-bond donors (Lipinski definition) is 2. The summed E-state index contributed by atoms with van der Waals surface area (Å²) in [7, 11) is 0. The first-order valence-electron chi connectivity index (χ1n) is 6.40. The molecule has 1 unspecified atom stereocenters. The lowest BCUT2D eigenvalue weighted by atomic mass is 10.0. The van der Waals surface area contributed by atoms with Crippen molar-refractivity contribution in [2.45, 2.75) is 40.2 Å². The molecule has 3 heteroatoms. The normalized spacial score (nSPS) is 12.6. The Hall–Kier alpha value is -1.35. The first-order chi connectivity index (χ1) is 8.43. The van der Waals surface area contributed by atoms with Gasteiger partial charge < -0.3 is 10.4 Å². The maximum atomic E-state index is 11.9. The van der Waals surface area contributed by atoms with Crippen molar-refractivity contribution in [3.05, 3.63) is 34.9 Å². The van der Waals surface area contributed by atoms with Crippen LogP contribution in [-0.2, 0) is 11.2 Å². The summed E-state index contributed by atoms with van der Waals surface area (Å²) in [6.07, 6.45) is 0.365. The van der Waals surface area contributed by atoms with Gasteiger partial charge in [-0.05, 0) is 36.5 Å². The Morgan fingerprint density at radius 3 is 2.44 bits per heavy atom. The van der Waals surface area contributed by atoms with Crippen LogP contribution in [-0.4, -0.2) is 23.7 Å². The zero-order valence-corrected chi connectivity index (χ0v) is 11.7. The highest BCUT2D eigenvalue weighted by Crippen LogP contribution is 2.10. The van der Waals surface area contributed by atoms with Gasteiger partial charge in [0.1, 0.15) is 0 Å². The van der Waals surface area contributed by atoms with E-state index in [9.17, 15) is 9.90 Å². The van der Waals surface area contributed by atoms with Crippen molar-refractivity contribution in [3.8, 4) is 0 Å². The van der Waals surface area contributed by atoms with Gasteiger partial charge in [-0.25, -0.2) is 0 Å². The highest BCUT2D eigenvalue weighted by atomic mass is 16.3. The van der Waals surface area contributed by atoms with E-state index in [-0.39, 0.29) is 24.5 Å². The highest BCUT2D eigenvalue weighted by Gasteiger charge is 2.15. The van der Waals surface area contributed by atoms with Crippen LogP contribution in [0, 0.1) is 19.8 Å². The van der Waals surface area contributed by atoms with Crippen LogP contribution < -0.4 is 5.32 Å². The molecule has 1 aromatic rings. The van der Waals surface area contributed by atoms with Gasteiger partial charge in [-0.1, -0.05) is 32.0 Å². The van der Waals surface area contributed by atoms with Crippen molar-refractivity contribution in [1.29, 1.82) is 0 Å². The molecule has 0 saturated heterocycles. The topological polar surface area (TPSA) is 49.3 Å². The summed E-state index contributed by atoms with van der Waals surface area (Å²) in [5, 5.41) is 12.0. The van der Waals surface area contributed by atoms with Crippen LogP contribution in [0.15, 0.2) is 18.2 Å². The molecule has 0 saturated carbocycles. The van der Waals surface area contributed by atoms with Crippen molar-refractivity contribution < 1.29 is 9.90 Å². The van der Waals surface area contributed by atoms with Gasteiger partial charge in [-0.2, -0.15) is 0 Å². The van der Waals surface area contributed by atoms with Gasteiger partial charge in [0, 0.05) is 0 Å². The predicted octanol–water partition coefficient (Wildman–Crippen LogP) is 1.98. The maximum absolute atomic E-state index is 11.9. The number of benzene rings is 1. The molecule has 1 amide bonds. The van der Waals surface area contributed by atoms with Crippen LogP contribution in [0.4, 0.5) is 0 Å². The van der Waals surface area contributed by atoms with E-state index in [1.807, 2.05) is 39.0 Å². The molecule has 2 N–H and O–H groups in total. The molecule has 0 spiro atoms. The molecule has 0 aliphatic carbocycles. The standard InChI is InChI=1S/C15H23NO2/c1-10(2)14(9-17)16-15(18)8-13-6-5-11(3)12(4)7-13/h5-7,10,14,17H,8-9H2,1-4H3,(H,16,18). The molecule has 0 aromatic heterocycles. The molecule has 3 nitrogen and oxygen atoms in total. The third-order valence-electron chi connectivity index (χ3n) is 3.28. The summed E-state index contributed by atoms with van der Waals surface area (Å²) in [6, 6.07) is 5.89. The van der Waals surface area contributed by atoms with Crippen LogP contribution in [0.5, 0.6) is 0 Å². The molecule has 0 aliphatic heterocycles. The summed E-state index contributed by atoms with van der Waals surface area (Å²) in [5.41, 5.74) is 3.44. The van der Waals surface area contributed by atoms with Crippen molar-refractivity contribution in [3.63, 3.8) is 0 Å². The monoisotopic (exact) mass is 249 g/mol. The van der Waals surface area contributed by atoms with Gasteiger partial charge in [0.2, 0.25) is 5.91 Å². The molecule has 1 rings (SSSR count). The Balaban J connectivity index is 2.61. The number of carbonyl (C=O) groups excluding carboxylic acids is 1. The molecular weight excluding hydrogens is 226 g/mol. The summed E-state index contributed by atoms with van der Waals surface area (Å²) in [4.78, 5) is 11.9. The van der Waals surface area contributed by atoms with Gasteiger partial charge in [-0.3, -0.25) is 4.79 Å². The summed E-state index contributed by atoms with van der Waals surface area (Å²) in [5.74, 6) is 0.199. The minimum absolute atomic E-state index is 0.0175. The minimum Gasteiger partial charge on any atom is -0.394 e. The molecule has 18 heavy (non-hydrogen) atoms. The lowest BCUT2D eigenvalue weighted by Crippen LogP contribution is -2.41. The van der Waals surface area contributed by atoms with Gasteiger partial charge in [0.25, 0.3) is 0 Å². The molecule has 0 fully saturated rings. The van der Waals surface area contributed by atoms with E-state index < -0.39 is 0 Å². The number of nitrogens with one attached hydrogen (secondary N) is 1. The first-order valence-corrected chi connectivity index (χ1v) is 6.40. The van der Waals surface area contributed by atoms with Crippen molar-refractivity contribution >= 4 is 5.91 Å². The predicted molar refractivity (Wildman–Crippen MR) is 73.5 cm³/mol. The van der Waals surface area contributed by atoms with E-state index >= 15 is 0 Å². The number of amides is 1. The van der Waals surface area contributed by atoms with Gasteiger partial charge in [0.15, 0.2) is 0 Å². The molecule has 0 radical (unpaired) electrons. The van der Waals surface area contributed by atoms with Crippen LogP contribution in [0.2, 0.25) is 0 Å². The molecule has 0 heterocycles. The van der Waals surface area contributed by atoms with E-state index in [2.05, 4.69) is 12.2 Å². The summed E-state index contributed by atoms with van der Waals surface area (Å²) < 4.78 is 0. The Morgan fingerprint density at radius 2 is 1.94 bits per heavy atom. The Bertz CT molecular complexity index is 413. The number of rotatable bonds is 5. The van der Waals surface area contributed by atoms with E-state index in [1.165, 1.54) is 11.1 Å². The zero-order chi connectivity index (χ0) is 13.7. The van der Waals surface area contributed by atoms with Gasteiger partial charge in [0.05, 0.1) is 19.1 Å². The van der Waals surface area contributed by atoms with Crippen LogP contribution >= 0.6 is 0 Å². The smallest absolute Gasteiger partial charge is 0.224 e. The first kappa shape index (κ1) is 14.7. The third-order valence-corrected chi connectivity index (χ3v) is 3.28. The van der Waals surface area contributed by atoms with Crippen molar-refractivity contribution in [2.24, 2.45) is 5.92 Å². The fourth-order valence-corrected chi connectivity index (χ4v) is 1.78. The number of aliphatic hydroxyl groups is 1. The quantitative estimate of drug-likeness (QED) is 0.838. The highest BCUT2D eigenvalue weighted by molar-refractivity contribution is 5.79. The number of hydrogen-bond acceptors (Lipinski definition) is 2. The molecule has 0 aliphatic rings. The second-order valence-corrected chi connectivity index (χ2v) is 5.20. The lowest BCUT2D eigenvalue weighted by Gasteiger charge is -2.20. The van der Waals surface area contributed by atoms with E-state index in [0.29, 0.717) is 6.42 Å². The second kappa shape index (κ2) is 6.55. The van der Waals surface area contributed by atoms with Gasteiger partial charge in [-0.15, -0.1) is 0 Å². The van der Waals surface area contributed by atoms with Crippen LogP contribution in [0.3, 0.4) is 0 Å². The van der Waals surface area contributed by atoms with Crippen molar-refractivity contribution in [2.75, 3.05) is 6.61 Å². The second-order valence-electron chi connectivity index (χ2n) is 5.20. The van der Waals surface area contributed by atoms with Gasteiger partial charge >= 0.3 is 0 Å². The Morgan fingerprint density at radius 1 is 1.28 bits per heavy atom. The molecule has 100 valence electrons. The number of aliphatic hydroxyl groups excluding tert-OH is 1. The number of aryl methyl sites for hydroxylation is 2. The molecule has 1 aromatic carbocycles. The third kappa shape index (κ3) is 4.15. The SMILES string of the molecule is Cc1ccc(CC(=O)NC(CO)C(C)C)cc1C. The minimum atomic E-state index is -0.163. The van der Waals surface area contributed by atoms with Crippen LogP contribution in [0.1, 0.15) is 30.5 Å². The van der Waals surface area contributed by atoms with Crippen molar-refractivity contribution in [1.82, 2.24) is 5.32 Å². The maximum Gasteiger partial charge on any atom is 0.224 e. The largest absolute Gasteiger partial charge is 0.394 e. The van der Waals surface area contributed by atoms with E-state index in [4.69, 9.17) is 0 Å². The Labute approximate surface area is 109 Å². The van der Waals surface area contributed by atoms with E-state index in [0.717, 1.165) is 5.56 Å². The molecule has 1 atom stereocenters. The molecule has 0 bridgehead atoms. The lowest BCUT2D eigenvalue weighted by molar-refractivity contribution is -0.121. The summed E-state index contributed by atoms with van der Waals surface area (Å²) in [6.45, 7) is 8.05. The average Bonchev–Trinajstić information content (AvgIpc) is 2.30. The summed E-state index contributed by atoms with van der Waals surface area (Å²) >= 11 is 0. The fraction of sp³-hybridized carbons (Fsp3) is 0.533. The number of carbonyl (C=O) groups is 1. The fourth-order valence-electron chi connectivity index (χ4n) is 1.78. The zero-order valence-electron chi connectivity index (χ0n) is 11.7. The molecular formula is C15H23NO2. The van der Waals surface area contributed by atoms with E-state index in [1.54, 1.807) is 0 Å². The van der Waals surface area contributed by atoms with Crippen LogP contribution in [0.25, 0.3) is 0 Å². The average molecular weight is 249 g/mol. The Kier molecular flexibility index (Phi) is 5.35.